The predicted molar refractivity (Wildman–Crippen MR) is 59.5 cm³/mol. The lowest BCUT2D eigenvalue weighted by atomic mass is 10.3. The van der Waals surface area contributed by atoms with Crippen LogP contribution in [-0.4, -0.2) is 16.2 Å². The van der Waals surface area contributed by atoms with Crippen molar-refractivity contribution in [3.05, 3.63) is 26.6 Å². The summed E-state index contributed by atoms with van der Waals surface area (Å²) in [7, 11) is 0. The lowest BCUT2D eigenvalue weighted by Gasteiger charge is -1.89. The Balaban J connectivity index is 2.50. The van der Waals surface area contributed by atoms with Crippen LogP contribution in [0.4, 0.5) is 0 Å². The molecule has 2 heterocycles. The first-order chi connectivity index (χ1) is 7.09. The fourth-order valence-electron chi connectivity index (χ4n) is 1.00. The van der Waals surface area contributed by atoms with E-state index < -0.39 is 5.97 Å². The highest BCUT2D eigenvalue weighted by Crippen LogP contribution is 2.36. The molecule has 2 aromatic heterocycles. The van der Waals surface area contributed by atoms with E-state index >= 15 is 0 Å². The zero-order valence-corrected chi connectivity index (χ0v) is 10.2. The lowest BCUT2D eigenvalue weighted by Crippen LogP contribution is -1.96. The summed E-state index contributed by atoms with van der Waals surface area (Å²) in [4.78, 5) is 11.4. The second kappa shape index (κ2) is 3.96. The van der Waals surface area contributed by atoms with Gasteiger partial charge < -0.3 is 9.63 Å². The summed E-state index contributed by atoms with van der Waals surface area (Å²) in [6.45, 7) is 0. The molecule has 0 aliphatic heterocycles. The van der Waals surface area contributed by atoms with Gasteiger partial charge in [0.2, 0.25) is 5.69 Å². The third-order valence-electron chi connectivity index (χ3n) is 1.64. The predicted octanol–water partition coefficient (Wildman–Crippen LogP) is 3.52. The van der Waals surface area contributed by atoms with E-state index in [0.29, 0.717) is 14.6 Å². The van der Waals surface area contributed by atoms with Crippen molar-refractivity contribution in [2.45, 2.75) is 0 Å². The number of thiophene rings is 1. The fourth-order valence-corrected chi connectivity index (χ4v) is 2.69. The molecule has 0 radical (unpaired) electrons. The third-order valence-corrected chi connectivity index (χ3v) is 3.60. The summed E-state index contributed by atoms with van der Waals surface area (Å²) in [5, 5.41) is 12.2. The topological polar surface area (TPSA) is 63.3 Å². The molecule has 1 N–H and O–H groups in total. The largest absolute Gasteiger partial charge is 0.476 e. The van der Waals surface area contributed by atoms with E-state index in [1.807, 2.05) is 0 Å². The van der Waals surface area contributed by atoms with Gasteiger partial charge in [0.15, 0.2) is 5.76 Å². The van der Waals surface area contributed by atoms with E-state index in [2.05, 4.69) is 21.1 Å². The molecule has 2 aromatic rings. The molecule has 7 heteroatoms. The minimum atomic E-state index is -1.14. The highest BCUT2D eigenvalue weighted by Gasteiger charge is 2.21. The number of rotatable bonds is 2. The minimum Gasteiger partial charge on any atom is -0.476 e. The maximum Gasteiger partial charge on any atom is 0.359 e. The number of carboxylic acid groups (broad SMARTS) is 1. The Bertz CT molecular complexity index is 522. The number of halogens is 2. The number of hydrogen-bond acceptors (Lipinski definition) is 4. The number of aromatic carboxylic acids is 1. The summed E-state index contributed by atoms with van der Waals surface area (Å²) in [6, 6.07) is 3.45. The van der Waals surface area contributed by atoms with Gasteiger partial charge in [-0.15, -0.1) is 11.3 Å². The molecule has 2 rings (SSSR count). The highest BCUT2D eigenvalue weighted by molar-refractivity contribution is 9.10. The molecule has 0 bridgehead atoms. The van der Waals surface area contributed by atoms with E-state index in [-0.39, 0.29) is 5.69 Å². The van der Waals surface area contributed by atoms with Crippen molar-refractivity contribution in [3.63, 3.8) is 0 Å². The van der Waals surface area contributed by atoms with Gasteiger partial charge in [-0.05, 0) is 28.1 Å². The molecular formula is C8H3BrClNO3S. The van der Waals surface area contributed by atoms with Gasteiger partial charge >= 0.3 is 5.97 Å². The van der Waals surface area contributed by atoms with Gasteiger partial charge in [0.05, 0.1) is 9.21 Å². The molecular weight excluding hydrogens is 306 g/mol. The van der Waals surface area contributed by atoms with Crippen LogP contribution in [-0.2, 0) is 0 Å². The van der Waals surface area contributed by atoms with Gasteiger partial charge in [-0.2, -0.15) is 0 Å². The second-order valence-corrected chi connectivity index (χ2v) is 5.09. The Morgan fingerprint density at radius 3 is 2.80 bits per heavy atom. The molecule has 0 saturated heterocycles. The maximum absolute atomic E-state index is 10.7. The van der Waals surface area contributed by atoms with Gasteiger partial charge in [-0.25, -0.2) is 4.79 Å². The van der Waals surface area contributed by atoms with Crippen LogP contribution < -0.4 is 0 Å². The zero-order valence-electron chi connectivity index (χ0n) is 7.03. The Hall–Kier alpha value is -0.850. The molecule has 0 unspecified atom stereocenters. The summed E-state index contributed by atoms with van der Waals surface area (Å²) in [5.41, 5.74) is -0.144. The van der Waals surface area contributed by atoms with Crippen molar-refractivity contribution in [1.29, 1.82) is 0 Å². The van der Waals surface area contributed by atoms with Crippen molar-refractivity contribution in [2.75, 3.05) is 0 Å². The molecule has 4 nitrogen and oxygen atoms in total. The Morgan fingerprint density at radius 1 is 1.60 bits per heavy atom. The van der Waals surface area contributed by atoms with E-state index in [0.717, 1.165) is 4.88 Å². The molecule has 0 aliphatic rings. The van der Waals surface area contributed by atoms with E-state index in [1.165, 1.54) is 11.3 Å². The number of carboxylic acids is 1. The summed E-state index contributed by atoms with van der Waals surface area (Å²) in [5.74, 6) is -0.760. The van der Waals surface area contributed by atoms with Gasteiger partial charge in [-0.3, -0.25) is 0 Å². The van der Waals surface area contributed by atoms with Gasteiger partial charge in [0.1, 0.15) is 4.47 Å². The van der Waals surface area contributed by atoms with Crippen LogP contribution in [0.25, 0.3) is 10.6 Å². The van der Waals surface area contributed by atoms with Crippen LogP contribution in [0.2, 0.25) is 4.34 Å². The Labute approximate surface area is 102 Å². The number of aromatic nitrogens is 1. The average molecular weight is 309 g/mol. The highest BCUT2D eigenvalue weighted by atomic mass is 79.9. The van der Waals surface area contributed by atoms with Gasteiger partial charge in [-0.1, -0.05) is 16.8 Å². The molecule has 0 fully saturated rings. The second-order valence-electron chi connectivity index (χ2n) is 2.58. The molecule has 0 atom stereocenters. The molecule has 0 spiro atoms. The first-order valence-electron chi connectivity index (χ1n) is 3.73. The van der Waals surface area contributed by atoms with Crippen molar-refractivity contribution < 1.29 is 14.4 Å². The normalized spacial score (nSPS) is 10.5. The van der Waals surface area contributed by atoms with Crippen molar-refractivity contribution >= 4 is 44.8 Å². The molecule has 0 saturated carbocycles. The SMILES string of the molecule is O=C(O)c1noc(-c2ccc(Cl)s2)c1Br. The third kappa shape index (κ3) is 1.92. The van der Waals surface area contributed by atoms with E-state index in [9.17, 15) is 4.79 Å². The smallest absolute Gasteiger partial charge is 0.359 e. The summed E-state index contributed by atoms with van der Waals surface area (Å²) in [6.07, 6.45) is 0. The first-order valence-corrected chi connectivity index (χ1v) is 5.72. The van der Waals surface area contributed by atoms with Crippen LogP contribution in [0.1, 0.15) is 10.5 Å². The summed E-state index contributed by atoms with van der Waals surface area (Å²) >= 11 is 10.2. The number of carbonyl (C=O) groups is 1. The van der Waals surface area contributed by atoms with Gasteiger partial charge in [0.25, 0.3) is 0 Å². The molecule has 15 heavy (non-hydrogen) atoms. The zero-order chi connectivity index (χ0) is 11.0. The Kier molecular flexibility index (Phi) is 2.81. The quantitative estimate of drug-likeness (QED) is 0.922. The van der Waals surface area contributed by atoms with Crippen LogP contribution in [0.3, 0.4) is 0 Å². The van der Waals surface area contributed by atoms with Gasteiger partial charge in [0, 0.05) is 0 Å². The molecule has 78 valence electrons. The van der Waals surface area contributed by atoms with Crippen molar-refractivity contribution in [2.24, 2.45) is 0 Å². The lowest BCUT2D eigenvalue weighted by molar-refractivity contribution is 0.0685. The van der Waals surface area contributed by atoms with Crippen LogP contribution in [0.15, 0.2) is 21.1 Å². The summed E-state index contributed by atoms with van der Waals surface area (Å²) < 4.78 is 5.86. The molecule has 0 amide bonds. The van der Waals surface area contributed by atoms with E-state index in [1.54, 1.807) is 12.1 Å². The standard InChI is InChI=1S/C8H3BrClNO3S/c9-5-6(8(12)13)11-14-7(5)3-1-2-4(10)15-3/h1-2H,(H,12,13). The van der Waals surface area contributed by atoms with Crippen LogP contribution in [0, 0.1) is 0 Å². The Morgan fingerprint density at radius 2 is 2.33 bits per heavy atom. The van der Waals surface area contributed by atoms with Crippen molar-refractivity contribution in [1.82, 2.24) is 5.16 Å². The number of hydrogen-bond donors (Lipinski definition) is 1. The molecule has 0 aliphatic carbocycles. The van der Waals surface area contributed by atoms with Crippen molar-refractivity contribution in [3.8, 4) is 10.6 Å². The number of nitrogens with zero attached hydrogens (tertiary/aromatic N) is 1. The average Bonchev–Trinajstić information content (AvgIpc) is 2.71. The monoisotopic (exact) mass is 307 g/mol. The fraction of sp³-hybridized carbons (Fsp3) is 0. The minimum absolute atomic E-state index is 0.144. The maximum atomic E-state index is 10.7. The van der Waals surface area contributed by atoms with E-state index in [4.69, 9.17) is 21.2 Å². The molecule has 0 aromatic carbocycles. The van der Waals surface area contributed by atoms with Crippen LogP contribution >= 0.6 is 38.9 Å². The van der Waals surface area contributed by atoms with Crippen LogP contribution in [0.5, 0.6) is 0 Å². The first kappa shape index (κ1) is 10.7.